The topological polar surface area (TPSA) is 108 Å². The third-order valence-corrected chi connectivity index (χ3v) is 4.97. The average Bonchev–Trinajstić information content (AvgIpc) is 2.65. The van der Waals surface area contributed by atoms with Crippen molar-refractivity contribution in [2.24, 2.45) is 0 Å². The number of rotatable bonds is 4. The molecule has 0 saturated carbocycles. The van der Waals surface area contributed by atoms with Gasteiger partial charge < -0.3 is 25.7 Å². The Hall–Kier alpha value is -2.58. The fourth-order valence-corrected chi connectivity index (χ4v) is 3.52. The number of aliphatic hydroxyl groups is 1. The number of nitrogen functional groups attached to an aromatic ring is 1. The maximum absolute atomic E-state index is 13.3. The lowest BCUT2D eigenvalue weighted by Crippen LogP contribution is -2.45. The lowest BCUT2D eigenvalue weighted by molar-refractivity contribution is -0.136. The second-order valence-corrected chi connectivity index (χ2v) is 6.68. The molecule has 3 rings (SSSR count). The highest BCUT2D eigenvalue weighted by Crippen LogP contribution is 2.25. The minimum absolute atomic E-state index is 0.159. The van der Waals surface area contributed by atoms with Gasteiger partial charge in [-0.3, -0.25) is 4.79 Å². The number of aromatic nitrogens is 2. The van der Waals surface area contributed by atoms with Crippen LogP contribution >= 0.6 is 12.2 Å². The number of anilines is 1. The number of hydrogen-bond donors (Lipinski definition) is 3. The fraction of sp³-hybridized carbons (Fsp3) is 0.333. The van der Waals surface area contributed by atoms with E-state index in [1.165, 1.54) is 6.33 Å². The fourth-order valence-electron chi connectivity index (χ4n) is 3.20. The molecule has 26 heavy (non-hydrogen) atoms. The number of carbonyl (C=O) groups is 1. The molecule has 2 aromatic rings. The predicted molar refractivity (Wildman–Crippen MR) is 102 cm³/mol. The first kappa shape index (κ1) is 18.2. The molecule has 0 radical (unpaired) electrons. The molecule has 2 atom stereocenters. The molecule has 136 valence electrons. The number of aliphatic hydroxyl groups excluding tert-OH is 1. The van der Waals surface area contributed by atoms with Crippen LogP contribution in [0.1, 0.15) is 30.0 Å². The Bertz CT molecular complexity index is 868. The molecule has 1 aromatic heterocycles. The number of nitrogens with zero attached hydrogens (tertiary/aromatic N) is 3. The SMILES string of the molecule is N=Cc1c(N)ncn(C(C(=O)N2CCCC(O)C2)c2ccccc2)c1=S. The number of likely N-dealkylation sites (tertiary alicyclic amines) is 1. The first-order valence-corrected chi connectivity index (χ1v) is 8.82. The number of hydrogen-bond acceptors (Lipinski definition) is 6. The van der Waals surface area contributed by atoms with Crippen molar-refractivity contribution in [3.63, 3.8) is 0 Å². The summed E-state index contributed by atoms with van der Waals surface area (Å²) in [6, 6.07) is 8.56. The van der Waals surface area contributed by atoms with Crippen LogP contribution in [0.4, 0.5) is 5.82 Å². The zero-order valence-corrected chi connectivity index (χ0v) is 15.0. The van der Waals surface area contributed by atoms with E-state index in [1.54, 1.807) is 9.47 Å². The van der Waals surface area contributed by atoms with Crippen LogP contribution in [0, 0.1) is 10.0 Å². The summed E-state index contributed by atoms with van der Waals surface area (Å²) in [5.41, 5.74) is 6.88. The average molecular weight is 371 g/mol. The number of amides is 1. The minimum atomic E-state index is -0.721. The van der Waals surface area contributed by atoms with Gasteiger partial charge in [0.2, 0.25) is 5.91 Å². The Morgan fingerprint density at radius 3 is 2.81 bits per heavy atom. The molecule has 2 unspecified atom stereocenters. The van der Waals surface area contributed by atoms with E-state index in [2.05, 4.69) is 4.98 Å². The van der Waals surface area contributed by atoms with Crippen molar-refractivity contribution in [1.29, 1.82) is 5.41 Å². The third kappa shape index (κ3) is 3.51. The summed E-state index contributed by atoms with van der Waals surface area (Å²) in [6.07, 6.45) is 3.43. The minimum Gasteiger partial charge on any atom is -0.391 e. The number of carbonyl (C=O) groups excluding carboxylic acids is 1. The number of β-amino-alcohol motifs (C(OH)–C–C–N with tert-alkyl or cyclic N) is 1. The zero-order chi connectivity index (χ0) is 18.7. The van der Waals surface area contributed by atoms with Crippen LogP contribution in [-0.4, -0.2) is 50.9 Å². The monoisotopic (exact) mass is 371 g/mol. The van der Waals surface area contributed by atoms with Gasteiger partial charge in [0.1, 0.15) is 16.5 Å². The summed E-state index contributed by atoms with van der Waals surface area (Å²) < 4.78 is 1.86. The summed E-state index contributed by atoms with van der Waals surface area (Å²) in [6.45, 7) is 0.891. The lowest BCUT2D eigenvalue weighted by Gasteiger charge is -2.33. The van der Waals surface area contributed by atoms with E-state index >= 15 is 0 Å². The van der Waals surface area contributed by atoms with Crippen LogP contribution in [-0.2, 0) is 4.79 Å². The first-order chi connectivity index (χ1) is 12.5. The van der Waals surface area contributed by atoms with Crippen LogP contribution in [0.5, 0.6) is 0 Å². The van der Waals surface area contributed by atoms with Crippen molar-refractivity contribution in [2.75, 3.05) is 18.8 Å². The molecule has 1 aliphatic rings. The Kier molecular flexibility index (Phi) is 5.43. The Morgan fingerprint density at radius 2 is 2.15 bits per heavy atom. The lowest BCUT2D eigenvalue weighted by atomic mass is 10.0. The largest absolute Gasteiger partial charge is 0.391 e. The predicted octanol–water partition coefficient (Wildman–Crippen LogP) is 1.77. The molecule has 1 fully saturated rings. The van der Waals surface area contributed by atoms with Crippen molar-refractivity contribution < 1.29 is 9.90 Å². The van der Waals surface area contributed by atoms with Crippen LogP contribution in [0.15, 0.2) is 36.7 Å². The van der Waals surface area contributed by atoms with Gasteiger partial charge in [0.05, 0.1) is 18.0 Å². The van der Waals surface area contributed by atoms with E-state index in [0.717, 1.165) is 18.2 Å². The van der Waals surface area contributed by atoms with Crippen molar-refractivity contribution in [2.45, 2.75) is 25.0 Å². The van der Waals surface area contributed by atoms with Crippen LogP contribution in [0.25, 0.3) is 0 Å². The smallest absolute Gasteiger partial charge is 0.250 e. The van der Waals surface area contributed by atoms with Gasteiger partial charge in [-0.1, -0.05) is 42.5 Å². The van der Waals surface area contributed by atoms with Gasteiger partial charge in [-0.15, -0.1) is 0 Å². The summed E-state index contributed by atoms with van der Waals surface area (Å²) in [7, 11) is 0. The van der Waals surface area contributed by atoms with Crippen LogP contribution in [0.2, 0.25) is 0 Å². The number of nitrogens with two attached hydrogens (primary N) is 1. The normalized spacial score (nSPS) is 18.3. The van der Waals surface area contributed by atoms with Gasteiger partial charge in [-0.25, -0.2) is 4.98 Å². The van der Waals surface area contributed by atoms with Crippen molar-refractivity contribution in [3.05, 3.63) is 52.4 Å². The Morgan fingerprint density at radius 1 is 1.42 bits per heavy atom. The molecule has 0 aliphatic carbocycles. The van der Waals surface area contributed by atoms with Crippen LogP contribution in [0.3, 0.4) is 0 Å². The molecule has 1 saturated heterocycles. The zero-order valence-electron chi connectivity index (χ0n) is 14.2. The molecule has 0 spiro atoms. The molecule has 2 heterocycles. The third-order valence-electron chi connectivity index (χ3n) is 4.54. The van der Waals surface area contributed by atoms with Gasteiger partial charge in [0.25, 0.3) is 0 Å². The second kappa shape index (κ2) is 7.76. The van der Waals surface area contributed by atoms with E-state index in [4.69, 9.17) is 23.4 Å². The van der Waals surface area contributed by atoms with Crippen molar-refractivity contribution >= 4 is 30.2 Å². The van der Waals surface area contributed by atoms with Gasteiger partial charge in [0, 0.05) is 19.3 Å². The summed E-state index contributed by atoms with van der Waals surface area (Å²) in [5, 5.41) is 17.5. The standard InChI is InChI=1S/C18H21N5O2S/c19-9-14-16(20)21-11-23(18(14)26)15(12-5-2-1-3-6-12)17(25)22-8-4-7-13(24)10-22/h1-3,5-6,9,11,13,15,19,24H,4,7-8,10,20H2. The molecule has 8 heteroatoms. The van der Waals surface area contributed by atoms with Gasteiger partial charge in [-0.2, -0.15) is 0 Å². The van der Waals surface area contributed by atoms with E-state index < -0.39 is 12.1 Å². The maximum Gasteiger partial charge on any atom is 0.250 e. The highest BCUT2D eigenvalue weighted by Gasteiger charge is 2.31. The molecule has 0 bridgehead atoms. The first-order valence-electron chi connectivity index (χ1n) is 8.41. The number of benzene rings is 1. The van der Waals surface area contributed by atoms with Gasteiger partial charge in [0.15, 0.2) is 0 Å². The van der Waals surface area contributed by atoms with Crippen LogP contribution < -0.4 is 5.73 Å². The quantitative estimate of drug-likeness (QED) is 0.561. The van der Waals surface area contributed by atoms with E-state index in [-0.39, 0.29) is 16.4 Å². The summed E-state index contributed by atoms with van der Waals surface area (Å²) in [4.78, 5) is 19.1. The number of nitrogens with one attached hydrogen (secondary N) is 1. The Balaban J connectivity index is 2.10. The number of piperidine rings is 1. The highest BCUT2D eigenvalue weighted by molar-refractivity contribution is 7.71. The molecule has 4 N–H and O–H groups in total. The highest BCUT2D eigenvalue weighted by atomic mass is 32.1. The molecule has 1 aliphatic heterocycles. The van der Waals surface area contributed by atoms with Crippen molar-refractivity contribution in [3.8, 4) is 0 Å². The molecular weight excluding hydrogens is 350 g/mol. The van der Waals surface area contributed by atoms with E-state index in [1.807, 2.05) is 30.3 Å². The molecule has 7 nitrogen and oxygen atoms in total. The van der Waals surface area contributed by atoms with E-state index in [9.17, 15) is 9.90 Å². The summed E-state index contributed by atoms with van der Waals surface area (Å²) in [5.74, 6) is 0.00228. The Labute approximate surface area is 156 Å². The van der Waals surface area contributed by atoms with Gasteiger partial charge in [-0.05, 0) is 18.4 Å². The summed E-state index contributed by atoms with van der Waals surface area (Å²) >= 11 is 5.47. The molecule has 1 aromatic carbocycles. The maximum atomic E-state index is 13.3. The molecular formula is C18H21N5O2S. The van der Waals surface area contributed by atoms with E-state index in [0.29, 0.717) is 25.1 Å². The molecule has 1 amide bonds. The van der Waals surface area contributed by atoms with Gasteiger partial charge >= 0.3 is 0 Å². The second-order valence-electron chi connectivity index (χ2n) is 6.29. The van der Waals surface area contributed by atoms with Crippen molar-refractivity contribution in [1.82, 2.24) is 14.5 Å².